The normalized spacial score (nSPS) is 20.2. The SMILES string of the molecule is CCOc1ccc(C(=O)N2C(C)=[C]C3=CC(OC)=C(F)CC32)s1. The van der Waals surface area contributed by atoms with Gasteiger partial charge in [-0.3, -0.25) is 4.79 Å². The van der Waals surface area contributed by atoms with Crippen molar-refractivity contribution >= 4 is 17.2 Å². The first kappa shape index (κ1) is 15.8. The van der Waals surface area contributed by atoms with Crippen LogP contribution in [0.1, 0.15) is 29.9 Å². The number of ether oxygens (including phenoxy) is 2. The standard InChI is InChI=1S/C17H17FNO3S/c1-4-22-16-6-5-15(23-16)17(20)19-10(2)7-11-8-14(21-3)12(18)9-13(11)19/h5-6,8,13H,4,9H2,1-3H3. The van der Waals surface area contributed by atoms with Gasteiger partial charge in [-0.05, 0) is 37.6 Å². The zero-order valence-corrected chi connectivity index (χ0v) is 14.0. The Bertz CT molecular complexity index is 732. The zero-order valence-electron chi connectivity index (χ0n) is 13.2. The Morgan fingerprint density at radius 1 is 1.52 bits per heavy atom. The van der Waals surface area contributed by atoms with E-state index in [1.807, 2.05) is 6.92 Å². The molecule has 0 aromatic carbocycles. The minimum Gasteiger partial charge on any atom is -0.494 e. The van der Waals surface area contributed by atoms with Crippen molar-refractivity contribution in [3.8, 4) is 5.06 Å². The summed E-state index contributed by atoms with van der Waals surface area (Å²) < 4.78 is 24.5. The first-order chi connectivity index (χ1) is 11.0. The Hall–Kier alpha value is -2.08. The van der Waals surface area contributed by atoms with E-state index in [0.29, 0.717) is 22.2 Å². The number of carbonyl (C=O) groups is 1. The predicted octanol–water partition coefficient (Wildman–Crippen LogP) is 3.84. The highest BCUT2D eigenvalue weighted by atomic mass is 32.1. The molecule has 0 saturated carbocycles. The second-order valence-corrected chi connectivity index (χ2v) is 6.28. The fourth-order valence-electron chi connectivity index (χ4n) is 2.79. The van der Waals surface area contributed by atoms with Gasteiger partial charge in [0.05, 0.1) is 24.6 Å². The Balaban J connectivity index is 1.86. The molecule has 2 aliphatic rings. The van der Waals surface area contributed by atoms with Crippen molar-refractivity contribution in [2.24, 2.45) is 0 Å². The monoisotopic (exact) mass is 334 g/mol. The number of fused-ring (bicyclic) bond motifs is 1. The number of methoxy groups -OCH3 is 1. The molecule has 1 aliphatic carbocycles. The van der Waals surface area contributed by atoms with Crippen LogP contribution in [0.25, 0.3) is 0 Å². The van der Waals surface area contributed by atoms with E-state index in [0.717, 1.165) is 5.57 Å². The van der Waals surface area contributed by atoms with Gasteiger partial charge >= 0.3 is 0 Å². The molecule has 121 valence electrons. The van der Waals surface area contributed by atoms with Crippen LogP contribution in [-0.2, 0) is 4.74 Å². The van der Waals surface area contributed by atoms with Crippen LogP contribution in [-0.4, -0.2) is 30.6 Å². The van der Waals surface area contributed by atoms with Crippen molar-refractivity contribution in [1.29, 1.82) is 0 Å². The van der Waals surface area contributed by atoms with Crippen LogP contribution in [0.15, 0.2) is 41.1 Å². The van der Waals surface area contributed by atoms with E-state index >= 15 is 0 Å². The van der Waals surface area contributed by atoms with E-state index in [-0.39, 0.29) is 30.0 Å². The van der Waals surface area contributed by atoms with Gasteiger partial charge < -0.3 is 14.4 Å². The van der Waals surface area contributed by atoms with E-state index in [1.54, 1.807) is 30.0 Å². The van der Waals surface area contributed by atoms with E-state index in [4.69, 9.17) is 9.47 Å². The number of carbonyl (C=O) groups excluding carboxylic acids is 1. The molecule has 6 heteroatoms. The number of hydrogen-bond donors (Lipinski definition) is 0. The van der Waals surface area contributed by atoms with Crippen LogP contribution in [0.3, 0.4) is 0 Å². The summed E-state index contributed by atoms with van der Waals surface area (Å²) in [6, 6.07) is 3.16. The Labute approximate surface area is 138 Å². The summed E-state index contributed by atoms with van der Waals surface area (Å²) in [5.74, 6) is -0.301. The molecule has 3 rings (SSSR count). The van der Waals surface area contributed by atoms with Gasteiger partial charge in [-0.15, -0.1) is 0 Å². The molecule has 0 N–H and O–H groups in total. The maximum atomic E-state index is 14.1. The quantitative estimate of drug-likeness (QED) is 0.840. The van der Waals surface area contributed by atoms with Gasteiger partial charge in [0.15, 0.2) is 10.8 Å². The van der Waals surface area contributed by atoms with Crippen LogP contribution < -0.4 is 4.74 Å². The molecule has 0 bridgehead atoms. The van der Waals surface area contributed by atoms with Gasteiger partial charge in [0, 0.05) is 18.2 Å². The van der Waals surface area contributed by atoms with Crippen LogP contribution in [0.4, 0.5) is 4.39 Å². The molecule has 0 fully saturated rings. The van der Waals surface area contributed by atoms with Crippen molar-refractivity contribution in [2.75, 3.05) is 13.7 Å². The maximum Gasteiger partial charge on any atom is 0.268 e. The highest BCUT2D eigenvalue weighted by Crippen LogP contribution is 2.38. The second kappa shape index (κ2) is 6.20. The van der Waals surface area contributed by atoms with Crippen molar-refractivity contribution in [3.63, 3.8) is 0 Å². The molecule has 1 aromatic heterocycles. The molecule has 1 amide bonds. The largest absolute Gasteiger partial charge is 0.494 e. The molecular formula is C17H17FNO3S. The summed E-state index contributed by atoms with van der Waals surface area (Å²) in [7, 11) is 1.43. The summed E-state index contributed by atoms with van der Waals surface area (Å²) in [6.45, 7) is 4.25. The lowest BCUT2D eigenvalue weighted by Gasteiger charge is -2.28. The van der Waals surface area contributed by atoms with Gasteiger partial charge in [0.2, 0.25) is 0 Å². The molecule has 4 nitrogen and oxygen atoms in total. The Kier molecular flexibility index (Phi) is 4.26. The van der Waals surface area contributed by atoms with Gasteiger partial charge in [0.25, 0.3) is 5.91 Å². The average molecular weight is 334 g/mol. The van der Waals surface area contributed by atoms with E-state index in [2.05, 4.69) is 6.08 Å². The lowest BCUT2D eigenvalue weighted by atomic mass is 9.98. The zero-order chi connectivity index (χ0) is 16.6. The van der Waals surface area contributed by atoms with Crippen molar-refractivity contribution in [1.82, 2.24) is 4.90 Å². The summed E-state index contributed by atoms with van der Waals surface area (Å²) in [4.78, 5) is 15.0. The number of hydrogen-bond acceptors (Lipinski definition) is 4. The topological polar surface area (TPSA) is 38.8 Å². The number of halogens is 1. The Morgan fingerprint density at radius 3 is 3.00 bits per heavy atom. The molecule has 1 aliphatic heterocycles. The molecule has 1 radical (unpaired) electrons. The third-order valence-corrected chi connectivity index (χ3v) is 4.79. The number of nitrogens with zero attached hydrogens (tertiary/aromatic N) is 1. The minimum atomic E-state index is -0.362. The van der Waals surface area contributed by atoms with E-state index < -0.39 is 0 Å². The average Bonchev–Trinajstić information content (AvgIpc) is 3.10. The molecule has 0 spiro atoms. The van der Waals surface area contributed by atoms with Crippen LogP contribution >= 0.6 is 11.3 Å². The molecule has 1 unspecified atom stereocenters. The number of amides is 1. The molecule has 0 saturated heterocycles. The summed E-state index contributed by atoms with van der Waals surface area (Å²) in [6.07, 6.45) is 4.87. The van der Waals surface area contributed by atoms with Crippen LogP contribution in [0.5, 0.6) is 5.06 Å². The minimum absolute atomic E-state index is 0.106. The molecule has 1 aromatic rings. The highest BCUT2D eigenvalue weighted by Gasteiger charge is 2.37. The summed E-state index contributed by atoms with van der Waals surface area (Å²) in [5.41, 5.74) is 1.46. The fourth-order valence-corrected chi connectivity index (χ4v) is 3.64. The van der Waals surface area contributed by atoms with Crippen molar-refractivity contribution < 1.29 is 18.7 Å². The van der Waals surface area contributed by atoms with Gasteiger partial charge in [0.1, 0.15) is 5.83 Å². The summed E-state index contributed by atoms with van der Waals surface area (Å²) in [5, 5.41) is 0.702. The third-order valence-electron chi connectivity index (χ3n) is 3.80. The second-order valence-electron chi connectivity index (χ2n) is 5.23. The molecular weight excluding hydrogens is 317 g/mol. The van der Waals surface area contributed by atoms with Crippen LogP contribution in [0, 0.1) is 6.08 Å². The van der Waals surface area contributed by atoms with Crippen LogP contribution in [0.2, 0.25) is 0 Å². The first-order valence-corrected chi connectivity index (χ1v) is 8.17. The third kappa shape index (κ3) is 2.79. The number of thiophene rings is 1. The molecule has 23 heavy (non-hydrogen) atoms. The molecule has 2 heterocycles. The van der Waals surface area contributed by atoms with Gasteiger partial charge in [-0.2, -0.15) is 0 Å². The fraction of sp³-hybridized carbons (Fsp3) is 0.353. The Morgan fingerprint density at radius 2 is 2.30 bits per heavy atom. The smallest absolute Gasteiger partial charge is 0.268 e. The lowest BCUT2D eigenvalue weighted by Crippen LogP contribution is -2.36. The van der Waals surface area contributed by atoms with E-state index in [1.165, 1.54) is 18.4 Å². The maximum absolute atomic E-state index is 14.1. The van der Waals surface area contributed by atoms with Crippen molar-refractivity contribution in [2.45, 2.75) is 26.3 Å². The number of rotatable bonds is 4. The predicted molar refractivity (Wildman–Crippen MR) is 85.7 cm³/mol. The number of allylic oxidation sites excluding steroid dienone is 2. The first-order valence-electron chi connectivity index (χ1n) is 7.36. The van der Waals surface area contributed by atoms with Gasteiger partial charge in [-0.1, -0.05) is 11.3 Å². The van der Waals surface area contributed by atoms with Gasteiger partial charge in [-0.25, -0.2) is 4.39 Å². The lowest BCUT2D eigenvalue weighted by molar-refractivity contribution is 0.0780. The van der Waals surface area contributed by atoms with E-state index in [9.17, 15) is 9.18 Å². The molecule has 1 atom stereocenters. The highest BCUT2D eigenvalue weighted by molar-refractivity contribution is 7.15. The summed E-state index contributed by atoms with van der Waals surface area (Å²) >= 11 is 1.30. The van der Waals surface area contributed by atoms with Crippen molar-refractivity contribution in [3.05, 3.63) is 52.0 Å².